The third-order valence-corrected chi connectivity index (χ3v) is 3.01. The highest BCUT2D eigenvalue weighted by molar-refractivity contribution is 5.17. The zero-order chi connectivity index (χ0) is 10.8. The molecule has 4 heteroatoms. The first-order valence-electron chi connectivity index (χ1n) is 5.04. The summed E-state index contributed by atoms with van der Waals surface area (Å²) in [5.41, 5.74) is 0.891. The van der Waals surface area contributed by atoms with E-state index in [2.05, 4.69) is 4.98 Å². The van der Waals surface area contributed by atoms with Crippen LogP contribution < -0.4 is 0 Å². The van der Waals surface area contributed by atoms with E-state index in [0.717, 1.165) is 5.56 Å². The van der Waals surface area contributed by atoms with Crippen LogP contribution in [0, 0.1) is 5.92 Å². The Balaban J connectivity index is 2.27. The van der Waals surface area contributed by atoms with Crippen molar-refractivity contribution in [1.82, 2.24) is 9.88 Å². The number of hydrogen-bond acceptors (Lipinski definition) is 2. The van der Waals surface area contributed by atoms with Crippen LogP contribution in [0.3, 0.4) is 0 Å². The smallest absolute Gasteiger partial charge is 0.120 e. The molecule has 1 fully saturated rings. The molecule has 15 heavy (non-hydrogen) atoms. The zero-order valence-corrected chi connectivity index (χ0v) is 8.61. The van der Waals surface area contributed by atoms with E-state index in [-0.39, 0.29) is 6.04 Å². The minimum atomic E-state index is -1.08. The quantitative estimate of drug-likeness (QED) is 0.745. The van der Waals surface area contributed by atoms with Crippen molar-refractivity contribution in [1.29, 1.82) is 0 Å². The van der Waals surface area contributed by atoms with Crippen LogP contribution in [0.2, 0.25) is 0 Å². The second-order valence-corrected chi connectivity index (χ2v) is 4.00. The Morgan fingerprint density at radius 3 is 3.00 bits per heavy atom. The molecule has 0 spiro atoms. The molecule has 2 heterocycles. The molecule has 2 nitrogen and oxygen atoms in total. The molecule has 1 aliphatic heterocycles. The summed E-state index contributed by atoms with van der Waals surface area (Å²) in [5.74, 6) is -0.556. The molecule has 0 saturated carbocycles. The van der Waals surface area contributed by atoms with Crippen LogP contribution in [-0.4, -0.2) is 36.3 Å². The molecule has 0 aromatic carbocycles. The number of likely N-dealkylation sites (tertiary alicyclic amines) is 1. The summed E-state index contributed by atoms with van der Waals surface area (Å²) in [7, 11) is 1.82. The Labute approximate surface area is 87.9 Å². The van der Waals surface area contributed by atoms with Crippen molar-refractivity contribution in [3.05, 3.63) is 30.1 Å². The standard InChI is InChI=1S/C11H14F2N2/c1-15-7-10(13)9(5-12)11(15)8-3-2-4-14-6-8/h2-4,6,9-11H,5,7H2,1H3/t9?,10?,11-/m1/s1. The predicted molar refractivity (Wildman–Crippen MR) is 54.0 cm³/mol. The highest BCUT2D eigenvalue weighted by Crippen LogP contribution is 2.37. The predicted octanol–water partition coefficient (Wildman–Crippen LogP) is 1.99. The summed E-state index contributed by atoms with van der Waals surface area (Å²) in [6, 6.07) is 3.48. The maximum atomic E-state index is 13.5. The Morgan fingerprint density at radius 1 is 1.60 bits per heavy atom. The molecule has 2 rings (SSSR count). The Hall–Kier alpha value is -1.03. The monoisotopic (exact) mass is 212 g/mol. The van der Waals surface area contributed by atoms with Crippen molar-refractivity contribution in [3.63, 3.8) is 0 Å². The summed E-state index contributed by atoms with van der Waals surface area (Å²) in [5, 5.41) is 0. The fraction of sp³-hybridized carbons (Fsp3) is 0.545. The summed E-state index contributed by atoms with van der Waals surface area (Å²) in [6.07, 6.45) is 2.27. The fourth-order valence-corrected chi connectivity index (χ4v) is 2.28. The second kappa shape index (κ2) is 4.23. The number of halogens is 2. The summed E-state index contributed by atoms with van der Waals surface area (Å²) in [4.78, 5) is 5.84. The van der Waals surface area contributed by atoms with Gasteiger partial charge in [0.1, 0.15) is 6.17 Å². The van der Waals surface area contributed by atoms with Gasteiger partial charge in [-0.1, -0.05) is 6.07 Å². The van der Waals surface area contributed by atoms with Gasteiger partial charge in [0, 0.05) is 30.9 Å². The van der Waals surface area contributed by atoms with Crippen LogP contribution in [0.1, 0.15) is 11.6 Å². The van der Waals surface area contributed by atoms with E-state index < -0.39 is 18.8 Å². The highest BCUT2D eigenvalue weighted by Gasteiger charge is 2.41. The maximum Gasteiger partial charge on any atom is 0.120 e. The van der Waals surface area contributed by atoms with Crippen LogP contribution in [-0.2, 0) is 0 Å². The van der Waals surface area contributed by atoms with E-state index in [1.807, 2.05) is 18.0 Å². The maximum absolute atomic E-state index is 13.5. The number of aromatic nitrogens is 1. The molecular formula is C11H14F2N2. The Morgan fingerprint density at radius 2 is 2.40 bits per heavy atom. The van der Waals surface area contributed by atoms with Crippen LogP contribution in [0.4, 0.5) is 8.78 Å². The van der Waals surface area contributed by atoms with E-state index in [4.69, 9.17) is 0 Å². The highest BCUT2D eigenvalue weighted by atomic mass is 19.1. The Bertz CT molecular complexity index is 318. The van der Waals surface area contributed by atoms with Crippen molar-refractivity contribution in [2.75, 3.05) is 20.3 Å². The number of alkyl halides is 2. The minimum absolute atomic E-state index is 0.182. The number of nitrogens with zero attached hydrogens (tertiary/aromatic N) is 2. The van der Waals surface area contributed by atoms with Crippen molar-refractivity contribution in [2.24, 2.45) is 5.92 Å². The number of rotatable bonds is 2. The van der Waals surface area contributed by atoms with Crippen LogP contribution in [0.15, 0.2) is 24.5 Å². The average molecular weight is 212 g/mol. The van der Waals surface area contributed by atoms with Gasteiger partial charge in [-0.15, -0.1) is 0 Å². The lowest BCUT2D eigenvalue weighted by Crippen LogP contribution is -2.22. The molecule has 82 valence electrons. The first kappa shape index (κ1) is 10.5. The molecule has 0 radical (unpaired) electrons. The molecule has 1 aromatic heterocycles. The van der Waals surface area contributed by atoms with E-state index in [1.54, 1.807) is 18.5 Å². The first-order chi connectivity index (χ1) is 7.24. The van der Waals surface area contributed by atoms with Gasteiger partial charge in [0.05, 0.1) is 6.67 Å². The zero-order valence-electron chi connectivity index (χ0n) is 8.61. The molecule has 0 aliphatic carbocycles. The molecule has 2 unspecified atom stereocenters. The van der Waals surface area contributed by atoms with Crippen LogP contribution in [0.25, 0.3) is 0 Å². The van der Waals surface area contributed by atoms with Gasteiger partial charge < -0.3 is 0 Å². The van der Waals surface area contributed by atoms with Crippen molar-refractivity contribution in [2.45, 2.75) is 12.2 Å². The average Bonchev–Trinajstić information content (AvgIpc) is 2.54. The largest absolute Gasteiger partial charge is 0.296 e. The van der Waals surface area contributed by atoms with E-state index in [0.29, 0.717) is 6.54 Å². The van der Waals surface area contributed by atoms with Crippen molar-refractivity contribution in [3.8, 4) is 0 Å². The summed E-state index contributed by atoms with van der Waals surface area (Å²) >= 11 is 0. The van der Waals surface area contributed by atoms with Crippen LogP contribution >= 0.6 is 0 Å². The van der Waals surface area contributed by atoms with E-state index in [1.165, 1.54) is 0 Å². The molecule has 1 aliphatic rings. The number of hydrogen-bond donors (Lipinski definition) is 0. The number of pyridine rings is 1. The van der Waals surface area contributed by atoms with Gasteiger partial charge in [-0.25, -0.2) is 4.39 Å². The first-order valence-corrected chi connectivity index (χ1v) is 5.04. The normalized spacial score (nSPS) is 32.1. The van der Waals surface area contributed by atoms with Crippen LogP contribution in [0.5, 0.6) is 0 Å². The minimum Gasteiger partial charge on any atom is -0.296 e. The Kier molecular flexibility index (Phi) is 2.95. The summed E-state index contributed by atoms with van der Waals surface area (Å²) < 4.78 is 26.2. The van der Waals surface area contributed by atoms with Gasteiger partial charge in [-0.05, 0) is 18.7 Å². The molecule has 0 bridgehead atoms. The molecular weight excluding hydrogens is 198 g/mol. The van der Waals surface area contributed by atoms with Gasteiger partial charge in [0.2, 0.25) is 0 Å². The van der Waals surface area contributed by atoms with Gasteiger partial charge in [-0.2, -0.15) is 0 Å². The van der Waals surface area contributed by atoms with E-state index in [9.17, 15) is 8.78 Å². The van der Waals surface area contributed by atoms with Gasteiger partial charge in [0.25, 0.3) is 0 Å². The molecule has 1 saturated heterocycles. The third-order valence-electron chi connectivity index (χ3n) is 3.01. The summed E-state index contributed by atoms with van der Waals surface area (Å²) in [6.45, 7) is -0.320. The molecule has 0 amide bonds. The molecule has 0 N–H and O–H groups in total. The SMILES string of the molecule is CN1CC(F)C(CF)[C@H]1c1cccnc1. The van der Waals surface area contributed by atoms with Gasteiger partial charge >= 0.3 is 0 Å². The lowest BCUT2D eigenvalue weighted by atomic mass is 9.95. The van der Waals surface area contributed by atoms with Gasteiger partial charge in [-0.3, -0.25) is 14.3 Å². The van der Waals surface area contributed by atoms with Crippen molar-refractivity contribution >= 4 is 0 Å². The fourth-order valence-electron chi connectivity index (χ4n) is 2.28. The lowest BCUT2D eigenvalue weighted by Gasteiger charge is -2.23. The molecule has 3 atom stereocenters. The lowest BCUT2D eigenvalue weighted by molar-refractivity contribution is 0.207. The topological polar surface area (TPSA) is 16.1 Å². The van der Waals surface area contributed by atoms with Crippen molar-refractivity contribution < 1.29 is 8.78 Å². The second-order valence-electron chi connectivity index (χ2n) is 4.00. The third kappa shape index (κ3) is 1.86. The van der Waals surface area contributed by atoms with Gasteiger partial charge in [0.15, 0.2) is 0 Å². The molecule has 1 aromatic rings. The van der Waals surface area contributed by atoms with E-state index >= 15 is 0 Å².